The Morgan fingerprint density at radius 1 is 1.53 bits per heavy atom. The summed E-state index contributed by atoms with van der Waals surface area (Å²) in [5.74, 6) is 0.0224. The van der Waals surface area contributed by atoms with E-state index in [-0.39, 0.29) is 5.91 Å². The highest BCUT2D eigenvalue weighted by Gasteiger charge is 2.11. The van der Waals surface area contributed by atoms with E-state index in [1.165, 1.54) is 0 Å². The highest BCUT2D eigenvalue weighted by atomic mass is 79.9. The molecule has 0 saturated carbocycles. The minimum absolute atomic E-state index is 0.0224. The van der Waals surface area contributed by atoms with Crippen molar-refractivity contribution in [2.75, 3.05) is 18.9 Å². The average Bonchev–Trinajstić information content (AvgIpc) is 2.21. The molecule has 15 heavy (non-hydrogen) atoms. The molecule has 82 valence electrons. The van der Waals surface area contributed by atoms with E-state index in [9.17, 15) is 4.79 Å². The van der Waals surface area contributed by atoms with Crippen molar-refractivity contribution in [2.45, 2.75) is 6.92 Å². The highest BCUT2D eigenvalue weighted by Crippen LogP contribution is 2.17. The van der Waals surface area contributed by atoms with Gasteiger partial charge in [0.1, 0.15) is 0 Å². The molecule has 0 aliphatic rings. The zero-order valence-electron chi connectivity index (χ0n) is 8.76. The first kappa shape index (κ1) is 12.5. The summed E-state index contributed by atoms with van der Waals surface area (Å²) < 4.78 is 0. The van der Waals surface area contributed by atoms with Crippen molar-refractivity contribution in [1.82, 2.24) is 4.90 Å². The van der Waals surface area contributed by atoms with Gasteiger partial charge < -0.3 is 4.90 Å². The SMILES string of the molecule is Cc1cc(C(=O)N(C)CCBr)ccc1Cl. The quantitative estimate of drug-likeness (QED) is 0.783. The third-order valence-corrected chi connectivity index (χ3v) is 2.95. The first-order valence-electron chi connectivity index (χ1n) is 4.64. The number of benzene rings is 1. The van der Waals surface area contributed by atoms with Gasteiger partial charge in [0.05, 0.1) is 0 Å². The van der Waals surface area contributed by atoms with Crippen molar-refractivity contribution in [3.63, 3.8) is 0 Å². The molecule has 0 aromatic heterocycles. The van der Waals surface area contributed by atoms with Crippen LogP contribution in [0.4, 0.5) is 0 Å². The van der Waals surface area contributed by atoms with Crippen molar-refractivity contribution in [3.05, 3.63) is 34.3 Å². The van der Waals surface area contributed by atoms with Gasteiger partial charge >= 0.3 is 0 Å². The van der Waals surface area contributed by atoms with Crippen LogP contribution >= 0.6 is 27.5 Å². The predicted molar refractivity (Wildman–Crippen MR) is 66.9 cm³/mol. The smallest absolute Gasteiger partial charge is 0.253 e. The minimum atomic E-state index is 0.0224. The van der Waals surface area contributed by atoms with Crippen LogP contribution in [0.5, 0.6) is 0 Å². The second-order valence-electron chi connectivity index (χ2n) is 3.38. The van der Waals surface area contributed by atoms with Gasteiger partial charge in [0.15, 0.2) is 0 Å². The first-order chi connectivity index (χ1) is 7.06. The van der Waals surface area contributed by atoms with Crippen LogP contribution in [0, 0.1) is 6.92 Å². The van der Waals surface area contributed by atoms with Crippen LogP contribution in [0.2, 0.25) is 5.02 Å². The molecule has 1 amide bonds. The molecule has 0 N–H and O–H groups in total. The third kappa shape index (κ3) is 3.21. The lowest BCUT2D eigenvalue weighted by Crippen LogP contribution is -2.28. The zero-order valence-corrected chi connectivity index (χ0v) is 11.1. The van der Waals surface area contributed by atoms with Crippen LogP contribution in [0.15, 0.2) is 18.2 Å². The number of carbonyl (C=O) groups is 1. The molecular weight excluding hydrogens is 277 g/mol. The highest BCUT2D eigenvalue weighted by molar-refractivity contribution is 9.09. The Kier molecular flexibility index (Phi) is 4.61. The normalized spacial score (nSPS) is 10.1. The summed E-state index contributed by atoms with van der Waals surface area (Å²) in [6.45, 7) is 2.59. The summed E-state index contributed by atoms with van der Waals surface area (Å²) in [5, 5.41) is 1.47. The molecule has 0 unspecified atom stereocenters. The van der Waals surface area contributed by atoms with E-state index in [0.717, 1.165) is 10.9 Å². The Morgan fingerprint density at radius 3 is 2.73 bits per heavy atom. The van der Waals surface area contributed by atoms with E-state index in [2.05, 4.69) is 15.9 Å². The summed E-state index contributed by atoms with van der Waals surface area (Å²) in [4.78, 5) is 13.5. The van der Waals surface area contributed by atoms with E-state index in [0.29, 0.717) is 17.1 Å². The van der Waals surface area contributed by atoms with Crippen molar-refractivity contribution < 1.29 is 4.79 Å². The lowest BCUT2D eigenvalue weighted by molar-refractivity contribution is 0.0804. The zero-order chi connectivity index (χ0) is 11.4. The first-order valence-corrected chi connectivity index (χ1v) is 6.13. The van der Waals surface area contributed by atoms with Crippen LogP contribution in [-0.2, 0) is 0 Å². The number of aryl methyl sites for hydroxylation is 1. The van der Waals surface area contributed by atoms with Crippen molar-refractivity contribution in [1.29, 1.82) is 0 Å². The standard InChI is InChI=1S/C11H13BrClNO/c1-8-7-9(3-4-10(8)13)11(15)14(2)6-5-12/h3-4,7H,5-6H2,1-2H3. The number of halogens is 2. The van der Waals surface area contributed by atoms with E-state index >= 15 is 0 Å². The summed E-state index contributed by atoms with van der Waals surface area (Å²) >= 11 is 9.20. The molecule has 0 atom stereocenters. The summed E-state index contributed by atoms with van der Waals surface area (Å²) in [6.07, 6.45) is 0. The van der Waals surface area contributed by atoms with Gasteiger partial charge in [-0.15, -0.1) is 0 Å². The number of hydrogen-bond donors (Lipinski definition) is 0. The molecule has 0 aliphatic heterocycles. The lowest BCUT2D eigenvalue weighted by atomic mass is 10.1. The Balaban J connectivity index is 2.87. The fourth-order valence-corrected chi connectivity index (χ4v) is 1.88. The molecule has 0 aliphatic carbocycles. The molecule has 1 rings (SSSR count). The third-order valence-electron chi connectivity index (χ3n) is 2.17. The summed E-state index contributed by atoms with van der Waals surface area (Å²) in [5.41, 5.74) is 1.61. The van der Waals surface area contributed by atoms with Crippen molar-refractivity contribution in [3.8, 4) is 0 Å². The van der Waals surface area contributed by atoms with E-state index in [4.69, 9.17) is 11.6 Å². The maximum absolute atomic E-state index is 11.9. The van der Waals surface area contributed by atoms with Crippen LogP contribution in [0.25, 0.3) is 0 Å². The minimum Gasteiger partial charge on any atom is -0.341 e. The Labute approximate surface area is 103 Å². The summed E-state index contributed by atoms with van der Waals surface area (Å²) in [6, 6.07) is 5.32. The molecule has 1 aromatic carbocycles. The van der Waals surface area contributed by atoms with Gasteiger partial charge in [-0.3, -0.25) is 4.79 Å². The largest absolute Gasteiger partial charge is 0.341 e. The molecule has 0 heterocycles. The molecule has 1 aromatic rings. The van der Waals surface area contributed by atoms with Crippen LogP contribution in [0.1, 0.15) is 15.9 Å². The number of hydrogen-bond acceptors (Lipinski definition) is 1. The van der Waals surface area contributed by atoms with Crippen LogP contribution in [-0.4, -0.2) is 29.7 Å². The molecule has 0 fully saturated rings. The molecule has 0 saturated heterocycles. The topological polar surface area (TPSA) is 20.3 Å². The number of alkyl halides is 1. The average molecular weight is 291 g/mol. The molecule has 0 radical (unpaired) electrons. The van der Waals surface area contributed by atoms with Gasteiger partial charge in [-0.25, -0.2) is 0 Å². The van der Waals surface area contributed by atoms with Crippen LogP contribution < -0.4 is 0 Å². The van der Waals surface area contributed by atoms with Crippen LogP contribution in [0.3, 0.4) is 0 Å². The van der Waals surface area contributed by atoms with Gasteiger partial charge in [-0.1, -0.05) is 27.5 Å². The molecule has 0 spiro atoms. The Bertz CT molecular complexity index is 368. The van der Waals surface area contributed by atoms with Gasteiger partial charge in [0.2, 0.25) is 0 Å². The number of carbonyl (C=O) groups excluding carboxylic acids is 1. The predicted octanol–water partition coefficient (Wildman–Crippen LogP) is 3.12. The van der Waals surface area contributed by atoms with Gasteiger partial charge in [-0.2, -0.15) is 0 Å². The lowest BCUT2D eigenvalue weighted by Gasteiger charge is -2.16. The van der Waals surface area contributed by atoms with Gasteiger partial charge in [0, 0.05) is 29.5 Å². The molecular formula is C11H13BrClNO. The van der Waals surface area contributed by atoms with Gasteiger partial charge in [0.25, 0.3) is 5.91 Å². The number of nitrogens with zero attached hydrogens (tertiary/aromatic N) is 1. The Morgan fingerprint density at radius 2 is 2.20 bits per heavy atom. The second kappa shape index (κ2) is 5.52. The molecule has 0 bridgehead atoms. The van der Waals surface area contributed by atoms with E-state index in [1.807, 2.05) is 13.0 Å². The van der Waals surface area contributed by atoms with E-state index in [1.54, 1.807) is 24.1 Å². The fourth-order valence-electron chi connectivity index (χ4n) is 1.23. The monoisotopic (exact) mass is 289 g/mol. The Hall–Kier alpha value is -0.540. The van der Waals surface area contributed by atoms with E-state index < -0.39 is 0 Å². The molecule has 2 nitrogen and oxygen atoms in total. The maximum Gasteiger partial charge on any atom is 0.253 e. The fraction of sp³-hybridized carbons (Fsp3) is 0.364. The summed E-state index contributed by atoms with van der Waals surface area (Å²) in [7, 11) is 1.79. The number of amides is 1. The van der Waals surface area contributed by atoms with Crippen molar-refractivity contribution >= 4 is 33.4 Å². The van der Waals surface area contributed by atoms with Gasteiger partial charge in [-0.05, 0) is 30.7 Å². The maximum atomic E-state index is 11.9. The molecule has 4 heteroatoms. The second-order valence-corrected chi connectivity index (χ2v) is 4.58. The van der Waals surface area contributed by atoms with Crippen molar-refractivity contribution in [2.24, 2.45) is 0 Å². The number of rotatable bonds is 3.